The second kappa shape index (κ2) is 6.45. The maximum Gasteiger partial charge on any atom is 0.0758 e. The van der Waals surface area contributed by atoms with E-state index in [0.717, 1.165) is 23.1 Å². The number of nitrogens with one attached hydrogen (secondary N) is 1. The van der Waals surface area contributed by atoms with Crippen LogP contribution >= 0.6 is 15.9 Å². The van der Waals surface area contributed by atoms with Crippen molar-refractivity contribution in [2.24, 2.45) is 5.41 Å². The van der Waals surface area contributed by atoms with Gasteiger partial charge in [0.1, 0.15) is 0 Å². The van der Waals surface area contributed by atoms with Crippen LogP contribution in [0.2, 0.25) is 0 Å². The normalized spacial score (nSPS) is 17.4. The fourth-order valence-corrected chi connectivity index (χ4v) is 4.03. The molecule has 1 heterocycles. The number of hydrogen-bond donors (Lipinski definition) is 1. The molecule has 21 heavy (non-hydrogen) atoms. The zero-order valence-electron chi connectivity index (χ0n) is 12.7. The molecule has 0 atom stereocenters. The van der Waals surface area contributed by atoms with Crippen LogP contribution in [0.1, 0.15) is 44.6 Å². The molecule has 3 heteroatoms. The van der Waals surface area contributed by atoms with Crippen LogP contribution in [0.4, 0.5) is 0 Å². The summed E-state index contributed by atoms with van der Waals surface area (Å²) >= 11 is 3.61. The average Bonchev–Trinajstić information content (AvgIpc) is 2.99. The summed E-state index contributed by atoms with van der Waals surface area (Å²) in [5.41, 5.74) is 2.94. The Bertz CT molecular complexity index is 618. The van der Waals surface area contributed by atoms with Gasteiger partial charge in [-0.3, -0.25) is 4.98 Å². The number of benzene rings is 1. The Hall–Kier alpha value is -0.930. The van der Waals surface area contributed by atoms with E-state index in [2.05, 4.69) is 51.4 Å². The number of rotatable bonds is 5. The van der Waals surface area contributed by atoms with Gasteiger partial charge in [-0.25, -0.2) is 0 Å². The molecule has 2 aromatic rings. The third kappa shape index (κ3) is 3.14. The SMILES string of the molecule is CCC1(CNCc2ccc(Br)c3cccnc23)CCCC1. The van der Waals surface area contributed by atoms with Gasteiger partial charge in [0.15, 0.2) is 0 Å². The lowest BCUT2D eigenvalue weighted by Gasteiger charge is -2.28. The molecule has 0 spiro atoms. The van der Waals surface area contributed by atoms with Crippen molar-refractivity contribution < 1.29 is 0 Å². The maximum atomic E-state index is 4.56. The lowest BCUT2D eigenvalue weighted by Crippen LogP contribution is -2.31. The number of pyridine rings is 1. The van der Waals surface area contributed by atoms with Crippen LogP contribution < -0.4 is 5.32 Å². The van der Waals surface area contributed by atoms with Crippen LogP contribution in [-0.2, 0) is 6.54 Å². The Morgan fingerprint density at radius 1 is 1.24 bits per heavy atom. The molecule has 0 amide bonds. The summed E-state index contributed by atoms with van der Waals surface area (Å²) < 4.78 is 1.12. The third-order valence-corrected chi connectivity index (χ3v) is 5.72. The summed E-state index contributed by atoms with van der Waals surface area (Å²) in [6.45, 7) is 4.38. The Kier molecular flexibility index (Phi) is 4.60. The lowest BCUT2D eigenvalue weighted by molar-refractivity contribution is 0.268. The van der Waals surface area contributed by atoms with Gasteiger partial charge in [0.05, 0.1) is 5.52 Å². The molecule has 1 aromatic carbocycles. The van der Waals surface area contributed by atoms with Gasteiger partial charge in [0, 0.05) is 29.1 Å². The highest BCUT2D eigenvalue weighted by Crippen LogP contribution is 2.40. The summed E-state index contributed by atoms with van der Waals surface area (Å²) in [6.07, 6.45) is 8.74. The first kappa shape index (κ1) is 15.0. The highest BCUT2D eigenvalue weighted by molar-refractivity contribution is 9.10. The van der Waals surface area contributed by atoms with Gasteiger partial charge in [-0.1, -0.05) is 47.8 Å². The van der Waals surface area contributed by atoms with Crippen LogP contribution in [0.15, 0.2) is 34.9 Å². The molecule has 1 N–H and O–H groups in total. The molecular weight excluding hydrogens is 324 g/mol. The van der Waals surface area contributed by atoms with E-state index < -0.39 is 0 Å². The monoisotopic (exact) mass is 346 g/mol. The van der Waals surface area contributed by atoms with Crippen LogP contribution in [0, 0.1) is 5.41 Å². The van der Waals surface area contributed by atoms with Crippen molar-refractivity contribution in [1.82, 2.24) is 10.3 Å². The number of nitrogens with zero attached hydrogens (tertiary/aromatic N) is 1. The molecule has 0 bridgehead atoms. The summed E-state index contributed by atoms with van der Waals surface area (Å²) in [5, 5.41) is 4.89. The fraction of sp³-hybridized carbons (Fsp3) is 0.500. The number of hydrogen-bond acceptors (Lipinski definition) is 2. The van der Waals surface area contributed by atoms with Crippen molar-refractivity contribution in [3.05, 3.63) is 40.5 Å². The van der Waals surface area contributed by atoms with Gasteiger partial charge >= 0.3 is 0 Å². The molecule has 0 aliphatic heterocycles. The molecule has 0 radical (unpaired) electrons. The van der Waals surface area contributed by atoms with Crippen molar-refractivity contribution in [3.63, 3.8) is 0 Å². The van der Waals surface area contributed by atoms with Gasteiger partial charge in [-0.2, -0.15) is 0 Å². The van der Waals surface area contributed by atoms with Gasteiger partial charge in [0.2, 0.25) is 0 Å². The van der Waals surface area contributed by atoms with E-state index in [1.807, 2.05) is 12.3 Å². The van der Waals surface area contributed by atoms with Crippen LogP contribution in [0.5, 0.6) is 0 Å². The van der Waals surface area contributed by atoms with E-state index in [9.17, 15) is 0 Å². The van der Waals surface area contributed by atoms with Gasteiger partial charge in [-0.05, 0) is 42.4 Å². The number of halogens is 1. The summed E-state index contributed by atoms with van der Waals surface area (Å²) in [6, 6.07) is 8.43. The number of fused-ring (bicyclic) bond motifs is 1. The zero-order chi connectivity index (χ0) is 14.7. The van der Waals surface area contributed by atoms with Gasteiger partial charge < -0.3 is 5.32 Å². The van der Waals surface area contributed by atoms with E-state index in [4.69, 9.17) is 0 Å². The Labute approximate surface area is 135 Å². The van der Waals surface area contributed by atoms with E-state index in [-0.39, 0.29) is 0 Å². The Balaban J connectivity index is 1.72. The Morgan fingerprint density at radius 3 is 2.81 bits per heavy atom. The van der Waals surface area contributed by atoms with Crippen LogP contribution in [-0.4, -0.2) is 11.5 Å². The number of aromatic nitrogens is 1. The van der Waals surface area contributed by atoms with Gasteiger partial charge in [0.25, 0.3) is 0 Å². The second-order valence-electron chi connectivity index (χ2n) is 6.27. The second-order valence-corrected chi connectivity index (χ2v) is 7.12. The standard InChI is InChI=1S/C18H23BrN2/c1-2-18(9-3-4-10-18)13-20-12-14-7-8-16(19)15-6-5-11-21-17(14)15/h5-8,11,20H,2-4,9-10,12-13H2,1H3. The van der Waals surface area contributed by atoms with E-state index >= 15 is 0 Å². The zero-order valence-corrected chi connectivity index (χ0v) is 14.2. The predicted octanol–water partition coefficient (Wildman–Crippen LogP) is 5.06. The summed E-state index contributed by atoms with van der Waals surface area (Å²) in [5.74, 6) is 0. The highest BCUT2D eigenvalue weighted by atomic mass is 79.9. The average molecular weight is 347 g/mol. The first-order valence-corrected chi connectivity index (χ1v) is 8.76. The molecule has 2 nitrogen and oxygen atoms in total. The smallest absolute Gasteiger partial charge is 0.0758 e. The predicted molar refractivity (Wildman–Crippen MR) is 92.3 cm³/mol. The van der Waals surface area contributed by atoms with Crippen molar-refractivity contribution in [2.75, 3.05) is 6.54 Å². The molecule has 1 aromatic heterocycles. The first-order chi connectivity index (χ1) is 10.2. The molecule has 1 aliphatic carbocycles. The van der Waals surface area contributed by atoms with Crippen LogP contribution in [0.25, 0.3) is 10.9 Å². The quantitative estimate of drug-likeness (QED) is 0.818. The van der Waals surface area contributed by atoms with E-state index in [1.54, 1.807) is 0 Å². The summed E-state index contributed by atoms with van der Waals surface area (Å²) in [4.78, 5) is 4.56. The third-order valence-electron chi connectivity index (χ3n) is 5.03. The van der Waals surface area contributed by atoms with Gasteiger partial charge in [-0.15, -0.1) is 0 Å². The molecule has 1 fully saturated rings. The van der Waals surface area contributed by atoms with Crippen LogP contribution in [0.3, 0.4) is 0 Å². The fourth-order valence-electron chi connectivity index (χ4n) is 3.58. The molecular formula is C18H23BrN2. The summed E-state index contributed by atoms with van der Waals surface area (Å²) in [7, 11) is 0. The topological polar surface area (TPSA) is 24.9 Å². The van der Waals surface area contributed by atoms with Crippen molar-refractivity contribution in [3.8, 4) is 0 Å². The van der Waals surface area contributed by atoms with Crippen molar-refractivity contribution in [2.45, 2.75) is 45.6 Å². The minimum Gasteiger partial charge on any atom is -0.312 e. The first-order valence-electron chi connectivity index (χ1n) is 7.97. The van der Waals surface area contributed by atoms with E-state index in [0.29, 0.717) is 5.41 Å². The Morgan fingerprint density at radius 2 is 2.05 bits per heavy atom. The lowest BCUT2D eigenvalue weighted by atomic mass is 9.83. The van der Waals surface area contributed by atoms with Crippen molar-refractivity contribution >= 4 is 26.8 Å². The van der Waals surface area contributed by atoms with Crippen molar-refractivity contribution in [1.29, 1.82) is 0 Å². The maximum absolute atomic E-state index is 4.56. The molecule has 1 aliphatic rings. The van der Waals surface area contributed by atoms with E-state index in [1.165, 1.54) is 43.1 Å². The largest absolute Gasteiger partial charge is 0.312 e. The minimum atomic E-state index is 0.540. The minimum absolute atomic E-state index is 0.540. The molecule has 0 saturated heterocycles. The molecule has 1 saturated carbocycles. The molecule has 3 rings (SSSR count). The highest BCUT2D eigenvalue weighted by Gasteiger charge is 2.31. The molecule has 112 valence electrons. The molecule has 0 unspecified atom stereocenters.